The molecular weight excluding hydrogens is 388 g/mol. The van der Waals surface area contributed by atoms with E-state index in [0.717, 1.165) is 6.42 Å². The van der Waals surface area contributed by atoms with Crippen LogP contribution in [-0.4, -0.2) is 104 Å². The maximum Gasteiger partial charge on any atom is 0.410 e. The largest absolute Gasteiger partial charge is 0.444 e. The number of piperidine rings is 1. The summed E-state index contributed by atoms with van der Waals surface area (Å²) in [5.74, 6) is 0.141. The van der Waals surface area contributed by atoms with E-state index in [1.165, 1.54) is 0 Å². The number of methoxy groups -OCH3 is 1. The standard InChI is InChI=1S/C21H38N4O5/c1-21(2,3)30-20(28)25-9-6-17(7-10-25)19(27)24-13-11-23(12-14-24)16-18(26)22-8-5-15-29-4/h17H,5-16H2,1-4H3,(H,22,26). The Bertz CT molecular complexity index is 576. The van der Waals surface area contributed by atoms with E-state index < -0.39 is 5.60 Å². The van der Waals surface area contributed by atoms with Gasteiger partial charge >= 0.3 is 6.09 Å². The Morgan fingerprint density at radius 2 is 1.60 bits per heavy atom. The summed E-state index contributed by atoms with van der Waals surface area (Å²) in [5.41, 5.74) is -0.510. The van der Waals surface area contributed by atoms with Gasteiger partial charge in [0.2, 0.25) is 11.8 Å². The zero-order valence-corrected chi connectivity index (χ0v) is 18.9. The monoisotopic (exact) mass is 426 g/mol. The van der Waals surface area contributed by atoms with Crippen LogP contribution < -0.4 is 5.32 Å². The van der Waals surface area contributed by atoms with Gasteiger partial charge in [0, 0.05) is 65.4 Å². The van der Waals surface area contributed by atoms with Crippen LogP contribution >= 0.6 is 0 Å². The number of nitrogens with zero attached hydrogens (tertiary/aromatic N) is 3. The van der Waals surface area contributed by atoms with Gasteiger partial charge in [0.15, 0.2) is 0 Å². The van der Waals surface area contributed by atoms with Crippen molar-refractivity contribution in [1.82, 2.24) is 20.0 Å². The van der Waals surface area contributed by atoms with E-state index in [0.29, 0.717) is 71.8 Å². The number of piperazine rings is 1. The van der Waals surface area contributed by atoms with Crippen molar-refractivity contribution in [2.75, 3.05) is 66.1 Å². The molecule has 0 radical (unpaired) electrons. The molecule has 0 aromatic rings. The van der Waals surface area contributed by atoms with Crippen LogP contribution in [0.1, 0.15) is 40.0 Å². The summed E-state index contributed by atoms with van der Waals surface area (Å²) >= 11 is 0. The number of likely N-dealkylation sites (tertiary alicyclic amines) is 1. The van der Waals surface area contributed by atoms with Gasteiger partial charge < -0.3 is 24.6 Å². The highest BCUT2D eigenvalue weighted by molar-refractivity contribution is 5.80. The van der Waals surface area contributed by atoms with Crippen molar-refractivity contribution < 1.29 is 23.9 Å². The van der Waals surface area contributed by atoms with Gasteiger partial charge in [0.05, 0.1) is 6.54 Å². The fourth-order valence-corrected chi connectivity index (χ4v) is 3.72. The van der Waals surface area contributed by atoms with Crippen LogP contribution in [0.25, 0.3) is 0 Å². The molecule has 0 saturated carbocycles. The summed E-state index contributed by atoms with van der Waals surface area (Å²) in [6, 6.07) is 0. The lowest BCUT2D eigenvalue weighted by atomic mass is 9.95. The van der Waals surface area contributed by atoms with Gasteiger partial charge in [-0.2, -0.15) is 0 Å². The van der Waals surface area contributed by atoms with Crippen molar-refractivity contribution in [3.05, 3.63) is 0 Å². The molecule has 1 N–H and O–H groups in total. The minimum atomic E-state index is -0.510. The lowest BCUT2D eigenvalue weighted by Gasteiger charge is -2.38. The first-order chi connectivity index (χ1) is 14.2. The average Bonchev–Trinajstić information content (AvgIpc) is 2.70. The van der Waals surface area contributed by atoms with Crippen LogP contribution in [0.3, 0.4) is 0 Å². The van der Waals surface area contributed by atoms with Crippen molar-refractivity contribution in [3.63, 3.8) is 0 Å². The van der Waals surface area contributed by atoms with Crippen molar-refractivity contribution in [2.24, 2.45) is 5.92 Å². The van der Waals surface area contributed by atoms with Crippen LogP contribution in [0.4, 0.5) is 4.79 Å². The molecule has 0 aromatic carbocycles. The molecule has 3 amide bonds. The molecule has 2 fully saturated rings. The number of ether oxygens (including phenoxy) is 2. The molecule has 2 saturated heterocycles. The Morgan fingerprint density at radius 1 is 0.967 bits per heavy atom. The number of carbonyl (C=O) groups is 3. The molecular formula is C21H38N4O5. The van der Waals surface area contributed by atoms with Gasteiger partial charge in [-0.15, -0.1) is 0 Å². The Hall–Kier alpha value is -1.87. The minimum absolute atomic E-state index is 0.0143. The summed E-state index contributed by atoms with van der Waals surface area (Å²) in [5, 5.41) is 2.89. The normalized spacial score (nSPS) is 18.9. The molecule has 172 valence electrons. The second-order valence-corrected chi connectivity index (χ2v) is 9.04. The fourth-order valence-electron chi connectivity index (χ4n) is 3.72. The predicted octanol–water partition coefficient (Wildman–Crippen LogP) is 0.930. The van der Waals surface area contributed by atoms with Gasteiger partial charge in [-0.1, -0.05) is 0 Å². The Kier molecular flexibility index (Phi) is 9.36. The number of amides is 3. The molecule has 0 aliphatic carbocycles. The van der Waals surface area contributed by atoms with E-state index in [1.807, 2.05) is 25.7 Å². The third-order valence-electron chi connectivity index (χ3n) is 5.39. The number of carbonyl (C=O) groups excluding carboxylic acids is 3. The molecule has 2 heterocycles. The molecule has 0 aromatic heterocycles. The molecule has 0 spiro atoms. The van der Waals surface area contributed by atoms with E-state index in [9.17, 15) is 14.4 Å². The first kappa shape index (κ1) is 24.4. The highest BCUT2D eigenvalue weighted by atomic mass is 16.6. The topological polar surface area (TPSA) is 91.4 Å². The zero-order valence-electron chi connectivity index (χ0n) is 18.9. The van der Waals surface area contributed by atoms with Crippen LogP contribution in [0.5, 0.6) is 0 Å². The Morgan fingerprint density at radius 3 is 2.17 bits per heavy atom. The minimum Gasteiger partial charge on any atom is -0.444 e. The molecule has 0 atom stereocenters. The summed E-state index contributed by atoms with van der Waals surface area (Å²) in [7, 11) is 1.65. The molecule has 2 rings (SSSR count). The van der Waals surface area contributed by atoms with E-state index in [-0.39, 0.29) is 23.8 Å². The molecule has 0 unspecified atom stereocenters. The van der Waals surface area contributed by atoms with Crippen molar-refractivity contribution in [2.45, 2.75) is 45.6 Å². The lowest BCUT2D eigenvalue weighted by Crippen LogP contribution is -2.53. The van der Waals surface area contributed by atoms with E-state index in [1.54, 1.807) is 12.0 Å². The fraction of sp³-hybridized carbons (Fsp3) is 0.857. The molecule has 2 aliphatic heterocycles. The van der Waals surface area contributed by atoms with Crippen molar-refractivity contribution in [1.29, 1.82) is 0 Å². The average molecular weight is 427 g/mol. The quantitative estimate of drug-likeness (QED) is 0.609. The summed E-state index contributed by atoms with van der Waals surface area (Å²) < 4.78 is 10.4. The first-order valence-corrected chi connectivity index (χ1v) is 10.9. The Balaban J connectivity index is 1.67. The van der Waals surface area contributed by atoms with Crippen molar-refractivity contribution in [3.8, 4) is 0 Å². The summed E-state index contributed by atoms with van der Waals surface area (Å²) in [4.78, 5) is 42.7. The van der Waals surface area contributed by atoms with E-state index in [4.69, 9.17) is 9.47 Å². The smallest absolute Gasteiger partial charge is 0.410 e. The van der Waals surface area contributed by atoms with Crippen LogP contribution in [0, 0.1) is 5.92 Å². The maximum absolute atomic E-state index is 12.9. The summed E-state index contributed by atoms with van der Waals surface area (Å²) in [6.07, 6.45) is 1.84. The second-order valence-electron chi connectivity index (χ2n) is 9.04. The summed E-state index contributed by atoms with van der Waals surface area (Å²) in [6.45, 7) is 11.0. The van der Waals surface area contributed by atoms with Crippen LogP contribution in [0.15, 0.2) is 0 Å². The zero-order chi connectivity index (χ0) is 22.1. The number of hydrogen-bond acceptors (Lipinski definition) is 6. The van der Waals surface area contributed by atoms with Gasteiger partial charge in [-0.05, 0) is 40.0 Å². The lowest BCUT2D eigenvalue weighted by molar-refractivity contribution is -0.139. The van der Waals surface area contributed by atoms with Gasteiger partial charge in [-0.3, -0.25) is 14.5 Å². The molecule has 2 aliphatic rings. The predicted molar refractivity (Wildman–Crippen MR) is 113 cm³/mol. The SMILES string of the molecule is COCCCNC(=O)CN1CCN(C(=O)C2CCN(C(=O)OC(C)(C)C)CC2)CC1. The third kappa shape index (κ3) is 8.10. The molecule has 9 nitrogen and oxygen atoms in total. The number of rotatable bonds is 7. The highest BCUT2D eigenvalue weighted by Crippen LogP contribution is 2.22. The van der Waals surface area contributed by atoms with Gasteiger partial charge in [0.1, 0.15) is 5.60 Å². The third-order valence-corrected chi connectivity index (χ3v) is 5.39. The van der Waals surface area contributed by atoms with E-state index in [2.05, 4.69) is 10.2 Å². The maximum atomic E-state index is 12.9. The second kappa shape index (κ2) is 11.5. The Labute approximate surface area is 180 Å². The number of nitrogens with one attached hydrogen (secondary N) is 1. The highest BCUT2D eigenvalue weighted by Gasteiger charge is 2.33. The van der Waals surface area contributed by atoms with Crippen molar-refractivity contribution >= 4 is 17.9 Å². The van der Waals surface area contributed by atoms with Crippen LogP contribution in [0.2, 0.25) is 0 Å². The van der Waals surface area contributed by atoms with E-state index >= 15 is 0 Å². The van der Waals surface area contributed by atoms with Gasteiger partial charge in [0.25, 0.3) is 0 Å². The first-order valence-electron chi connectivity index (χ1n) is 10.9. The van der Waals surface area contributed by atoms with Crippen LogP contribution in [-0.2, 0) is 19.1 Å². The molecule has 0 bridgehead atoms. The number of hydrogen-bond donors (Lipinski definition) is 1. The van der Waals surface area contributed by atoms with Gasteiger partial charge in [-0.25, -0.2) is 4.79 Å². The molecule has 30 heavy (non-hydrogen) atoms. The molecule has 9 heteroatoms.